The predicted octanol–water partition coefficient (Wildman–Crippen LogP) is 4.51. The summed E-state index contributed by atoms with van der Waals surface area (Å²) in [4.78, 5) is 6.45. The number of hydrogen-bond donors (Lipinski definition) is 1. The Bertz CT molecular complexity index is 784. The lowest BCUT2D eigenvalue weighted by molar-refractivity contribution is 0.867. The topological polar surface area (TPSA) is 53.9 Å². The molecule has 0 radical (unpaired) electrons. The van der Waals surface area contributed by atoms with Crippen LogP contribution in [-0.4, -0.2) is 22.2 Å². The number of rotatable bonds is 5. The van der Waals surface area contributed by atoms with Crippen molar-refractivity contribution in [1.29, 1.82) is 0 Å². The number of anilines is 4. The minimum Gasteiger partial charge on any atom is -0.339 e. The van der Waals surface area contributed by atoms with Crippen LogP contribution in [0.25, 0.3) is 0 Å². The van der Waals surface area contributed by atoms with E-state index in [1.54, 1.807) is 6.20 Å². The second-order valence-corrected chi connectivity index (χ2v) is 5.94. The largest absolute Gasteiger partial charge is 0.339 e. The van der Waals surface area contributed by atoms with Crippen LogP contribution in [0.2, 0.25) is 0 Å². The Morgan fingerprint density at radius 3 is 2.33 bits per heavy atom. The molecule has 3 aromatic rings. The van der Waals surface area contributed by atoms with Gasteiger partial charge >= 0.3 is 0 Å². The van der Waals surface area contributed by atoms with Gasteiger partial charge in [-0.25, -0.2) is 0 Å². The Hall–Kier alpha value is -2.95. The molecule has 0 spiro atoms. The monoisotopic (exact) mass is 319 g/mol. The van der Waals surface area contributed by atoms with Crippen LogP contribution in [0.15, 0.2) is 60.8 Å². The van der Waals surface area contributed by atoms with E-state index in [1.165, 1.54) is 5.56 Å². The molecule has 1 heterocycles. The molecule has 0 aliphatic heterocycles. The van der Waals surface area contributed by atoms with Gasteiger partial charge in [0, 0.05) is 18.4 Å². The zero-order valence-corrected chi connectivity index (χ0v) is 14.1. The highest BCUT2D eigenvalue weighted by molar-refractivity contribution is 5.60. The summed E-state index contributed by atoms with van der Waals surface area (Å²) in [5, 5.41) is 11.5. The quantitative estimate of drug-likeness (QED) is 0.750. The molecule has 1 aromatic heterocycles. The standard InChI is InChI=1S/C19H21N5/c1-14(2)15-9-11-16(12-10-15)21-18-13-20-23-19(22-18)24(3)17-7-5-4-6-8-17/h4-14H,1-3H3,(H,21,22,23). The molecule has 2 aromatic carbocycles. The first kappa shape index (κ1) is 15.9. The van der Waals surface area contributed by atoms with Crippen molar-refractivity contribution in [2.24, 2.45) is 0 Å². The Kier molecular flexibility index (Phi) is 4.70. The van der Waals surface area contributed by atoms with E-state index in [-0.39, 0.29) is 0 Å². The lowest BCUT2D eigenvalue weighted by Gasteiger charge is -2.17. The van der Waals surface area contributed by atoms with Crippen LogP contribution in [-0.2, 0) is 0 Å². The van der Waals surface area contributed by atoms with Crippen LogP contribution in [0, 0.1) is 0 Å². The predicted molar refractivity (Wildman–Crippen MR) is 98.1 cm³/mol. The second kappa shape index (κ2) is 7.08. The maximum atomic E-state index is 4.54. The molecule has 0 fully saturated rings. The minimum atomic E-state index is 0.519. The lowest BCUT2D eigenvalue weighted by Crippen LogP contribution is -2.14. The van der Waals surface area contributed by atoms with Crippen LogP contribution >= 0.6 is 0 Å². The molecule has 24 heavy (non-hydrogen) atoms. The van der Waals surface area contributed by atoms with Crippen LogP contribution < -0.4 is 10.2 Å². The van der Waals surface area contributed by atoms with Gasteiger partial charge in [0.2, 0.25) is 0 Å². The Balaban J connectivity index is 1.78. The normalized spacial score (nSPS) is 10.7. The van der Waals surface area contributed by atoms with Gasteiger partial charge in [-0.3, -0.25) is 0 Å². The zero-order valence-electron chi connectivity index (χ0n) is 14.1. The number of hydrogen-bond acceptors (Lipinski definition) is 5. The van der Waals surface area contributed by atoms with Crippen molar-refractivity contribution in [2.75, 3.05) is 17.3 Å². The van der Waals surface area contributed by atoms with Crippen LogP contribution in [0.5, 0.6) is 0 Å². The molecule has 0 saturated carbocycles. The van der Waals surface area contributed by atoms with Gasteiger partial charge in [0.1, 0.15) is 0 Å². The van der Waals surface area contributed by atoms with Gasteiger partial charge in [-0.2, -0.15) is 10.1 Å². The Morgan fingerprint density at radius 1 is 0.958 bits per heavy atom. The molecule has 0 aliphatic carbocycles. The number of benzene rings is 2. The smallest absolute Gasteiger partial charge is 0.251 e. The van der Waals surface area contributed by atoms with E-state index < -0.39 is 0 Å². The first-order valence-corrected chi connectivity index (χ1v) is 7.99. The number of nitrogens with one attached hydrogen (secondary N) is 1. The van der Waals surface area contributed by atoms with Gasteiger partial charge in [0.25, 0.3) is 5.95 Å². The van der Waals surface area contributed by atoms with Gasteiger partial charge < -0.3 is 10.2 Å². The summed E-state index contributed by atoms with van der Waals surface area (Å²) < 4.78 is 0. The molecule has 1 N–H and O–H groups in total. The van der Waals surface area contributed by atoms with E-state index in [4.69, 9.17) is 0 Å². The molecule has 5 nitrogen and oxygen atoms in total. The van der Waals surface area contributed by atoms with Gasteiger partial charge in [0.15, 0.2) is 5.82 Å². The molecule has 0 bridgehead atoms. The minimum absolute atomic E-state index is 0.519. The van der Waals surface area contributed by atoms with Crippen molar-refractivity contribution in [3.63, 3.8) is 0 Å². The van der Waals surface area contributed by atoms with E-state index >= 15 is 0 Å². The summed E-state index contributed by atoms with van der Waals surface area (Å²) in [7, 11) is 1.92. The van der Waals surface area contributed by atoms with Crippen LogP contribution in [0.1, 0.15) is 25.3 Å². The highest BCUT2D eigenvalue weighted by Gasteiger charge is 2.08. The first-order valence-electron chi connectivity index (χ1n) is 7.99. The number of para-hydroxylation sites is 1. The molecular formula is C19H21N5. The molecule has 0 unspecified atom stereocenters. The van der Waals surface area contributed by atoms with Gasteiger partial charge in [-0.15, -0.1) is 5.10 Å². The number of aromatic nitrogens is 3. The van der Waals surface area contributed by atoms with Gasteiger partial charge in [0.05, 0.1) is 6.20 Å². The summed E-state index contributed by atoms with van der Waals surface area (Å²) in [5.74, 6) is 1.73. The van der Waals surface area contributed by atoms with E-state index in [2.05, 4.69) is 58.6 Å². The average molecular weight is 319 g/mol. The van der Waals surface area contributed by atoms with Gasteiger partial charge in [-0.1, -0.05) is 44.2 Å². The molecule has 0 saturated heterocycles. The van der Waals surface area contributed by atoms with Crippen LogP contribution in [0.3, 0.4) is 0 Å². The van der Waals surface area contributed by atoms with E-state index in [0.717, 1.165) is 11.4 Å². The molecule has 0 atom stereocenters. The zero-order chi connectivity index (χ0) is 16.9. The van der Waals surface area contributed by atoms with Crippen molar-refractivity contribution in [3.05, 3.63) is 66.4 Å². The third kappa shape index (κ3) is 3.68. The molecule has 3 rings (SSSR count). The highest BCUT2D eigenvalue weighted by Crippen LogP contribution is 2.22. The maximum absolute atomic E-state index is 4.54. The molecule has 122 valence electrons. The molecular weight excluding hydrogens is 298 g/mol. The van der Waals surface area contributed by atoms with Crippen molar-refractivity contribution in [3.8, 4) is 0 Å². The van der Waals surface area contributed by atoms with E-state index in [1.807, 2.05) is 42.3 Å². The van der Waals surface area contributed by atoms with Crippen molar-refractivity contribution >= 4 is 23.1 Å². The fraction of sp³-hybridized carbons (Fsp3) is 0.211. The summed E-state index contributed by atoms with van der Waals surface area (Å²) in [6, 6.07) is 18.3. The maximum Gasteiger partial charge on any atom is 0.251 e. The fourth-order valence-electron chi connectivity index (χ4n) is 2.36. The third-order valence-electron chi connectivity index (χ3n) is 3.84. The van der Waals surface area contributed by atoms with Crippen molar-refractivity contribution < 1.29 is 0 Å². The summed E-state index contributed by atoms with van der Waals surface area (Å²) >= 11 is 0. The van der Waals surface area contributed by atoms with Crippen molar-refractivity contribution in [2.45, 2.75) is 19.8 Å². The summed E-state index contributed by atoms with van der Waals surface area (Å²) in [6.45, 7) is 4.37. The Morgan fingerprint density at radius 2 is 1.67 bits per heavy atom. The van der Waals surface area contributed by atoms with Crippen LogP contribution in [0.4, 0.5) is 23.1 Å². The van der Waals surface area contributed by atoms with Crippen molar-refractivity contribution in [1.82, 2.24) is 15.2 Å². The number of nitrogens with zero attached hydrogens (tertiary/aromatic N) is 4. The SMILES string of the molecule is CC(C)c1ccc(Nc2cnnc(N(C)c3ccccc3)n2)cc1. The average Bonchev–Trinajstić information content (AvgIpc) is 2.62. The molecule has 0 aliphatic rings. The summed E-state index contributed by atoms with van der Waals surface area (Å²) in [6.07, 6.45) is 1.62. The second-order valence-electron chi connectivity index (χ2n) is 5.94. The summed E-state index contributed by atoms with van der Waals surface area (Å²) in [5.41, 5.74) is 3.30. The van der Waals surface area contributed by atoms with E-state index in [9.17, 15) is 0 Å². The molecule has 0 amide bonds. The first-order chi connectivity index (χ1) is 11.6. The molecule has 5 heteroatoms. The highest BCUT2D eigenvalue weighted by atomic mass is 15.3. The Labute approximate surface area is 142 Å². The third-order valence-corrected chi connectivity index (χ3v) is 3.84. The lowest BCUT2D eigenvalue weighted by atomic mass is 10.0. The fourth-order valence-corrected chi connectivity index (χ4v) is 2.36. The van der Waals surface area contributed by atoms with Gasteiger partial charge in [-0.05, 0) is 35.7 Å². The van der Waals surface area contributed by atoms with E-state index in [0.29, 0.717) is 17.7 Å².